The van der Waals surface area contributed by atoms with Gasteiger partial charge in [-0.25, -0.2) is 0 Å². The average Bonchev–Trinajstić information content (AvgIpc) is 2.71. The molecule has 0 saturated heterocycles. The first-order valence-corrected chi connectivity index (χ1v) is 10.3. The summed E-state index contributed by atoms with van der Waals surface area (Å²) in [5.74, 6) is 0.605. The van der Waals surface area contributed by atoms with Crippen molar-refractivity contribution in [3.63, 3.8) is 0 Å². The van der Waals surface area contributed by atoms with Crippen LogP contribution < -0.4 is 15.6 Å². The van der Waals surface area contributed by atoms with E-state index in [1.165, 1.54) is 0 Å². The van der Waals surface area contributed by atoms with E-state index < -0.39 is 0 Å². The number of anilines is 1. The molecule has 0 unspecified atom stereocenters. The van der Waals surface area contributed by atoms with E-state index in [0.29, 0.717) is 17.3 Å². The molecule has 0 saturated carbocycles. The van der Waals surface area contributed by atoms with Crippen molar-refractivity contribution in [3.8, 4) is 5.75 Å². The Labute approximate surface area is 176 Å². The van der Waals surface area contributed by atoms with Crippen LogP contribution in [0.15, 0.2) is 58.5 Å². The molecule has 1 aromatic heterocycles. The molecule has 2 aromatic carbocycles. The number of carbonyl (C=O) groups is 1. The van der Waals surface area contributed by atoms with Gasteiger partial charge >= 0.3 is 0 Å². The van der Waals surface area contributed by atoms with E-state index in [4.69, 9.17) is 16.3 Å². The molecule has 0 aliphatic heterocycles. The Hall–Kier alpha value is -2.84. The molecule has 0 aliphatic rings. The van der Waals surface area contributed by atoms with Crippen molar-refractivity contribution < 1.29 is 9.53 Å². The first-order valence-electron chi connectivity index (χ1n) is 8.90. The van der Waals surface area contributed by atoms with Gasteiger partial charge < -0.3 is 10.1 Å². The molecule has 2 N–H and O–H groups in total. The molecule has 0 fully saturated rings. The highest BCUT2D eigenvalue weighted by Crippen LogP contribution is 2.18. The molecular weight excluding hydrogens is 412 g/mol. The van der Waals surface area contributed by atoms with Crippen LogP contribution in [-0.2, 0) is 11.2 Å². The average molecular weight is 431 g/mol. The summed E-state index contributed by atoms with van der Waals surface area (Å²) in [4.78, 5) is 27.0. The molecular formula is C20H19ClN4O3S. The molecule has 3 rings (SSSR count). The standard InChI is InChI=1S/C20H19ClN4O3S/c1-2-28-15-9-7-14(8-10-15)22-18(26)12-29-20-23-19(27)17(24-25-20)11-13-5-3-4-6-16(13)21/h3-10H,2,11-12H2,1H3,(H,22,26)(H,23,25,27). The molecule has 0 radical (unpaired) electrons. The van der Waals surface area contributed by atoms with Crippen molar-refractivity contribution in [2.75, 3.05) is 17.7 Å². The smallest absolute Gasteiger partial charge is 0.273 e. The second-order valence-corrected chi connectivity index (χ2v) is 7.34. The zero-order chi connectivity index (χ0) is 20.6. The predicted molar refractivity (Wildman–Crippen MR) is 114 cm³/mol. The highest BCUT2D eigenvalue weighted by molar-refractivity contribution is 7.99. The largest absolute Gasteiger partial charge is 0.494 e. The molecule has 0 aliphatic carbocycles. The van der Waals surface area contributed by atoms with Crippen LogP contribution in [-0.4, -0.2) is 33.4 Å². The lowest BCUT2D eigenvalue weighted by atomic mass is 10.1. The number of nitrogens with zero attached hydrogens (tertiary/aromatic N) is 2. The van der Waals surface area contributed by atoms with Gasteiger partial charge in [0.25, 0.3) is 5.56 Å². The van der Waals surface area contributed by atoms with Gasteiger partial charge in [-0.15, -0.1) is 10.2 Å². The first kappa shape index (κ1) is 20.9. The van der Waals surface area contributed by atoms with Gasteiger partial charge in [-0.2, -0.15) is 0 Å². The second kappa shape index (κ2) is 10.1. The third-order valence-electron chi connectivity index (χ3n) is 3.85. The van der Waals surface area contributed by atoms with Crippen LogP contribution in [0.2, 0.25) is 5.02 Å². The van der Waals surface area contributed by atoms with Crippen molar-refractivity contribution in [3.05, 3.63) is 75.2 Å². The van der Waals surface area contributed by atoms with E-state index in [1.54, 1.807) is 30.3 Å². The SMILES string of the molecule is CCOc1ccc(NC(=O)CSc2nnc(Cc3ccccc3Cl)c(=O)[nH]2)cc1. The summed E-state index contributed by atoms with van der Waals surface area (Å²) in [5.41, 5.74) is 1.37. The van der Waals surface area contributed by atoms with Crippen LogP contribution in [0.5, 0.6) is 5.75 Å². The summed E-state index contributed by atoms with van der Waals surface area (Å²) in [5, 5.41) is 11.6. The van der Waals surface area contributed by atoms with Crippen LogP contribution in [0, 0.1) is 0 Å². The quantitative estimate of drug-likeness (QED) is 0.530. The molecule has 0 atom stereocenters. The fourth-order valence-corrected chi connectivity index (χ4v) is 3.29. The number of aromatic amines is 1. The molecule has 7 nitrogen and oxygen atoms in total. The number of halogens is 1. The lowest BCUT2D eigenvalue weighted by Crippen LogP contribution is -2.19. The third-order valence-corrected chi connectivity index (χ3v) is 5.08. The maximum atomic E-state index is 12.2. The van der Waals surface area contributed by atoms with Crippen LogP contribution in [0.25, 0.3) is 0 Å². The number of ether oxygens (including phenoxy) is 1. The number of H-pyrrole nitrogens is 1. The molecule has 0 bridgehead atoms. The molecule has 1 amide bonds. The molecule has 9 heteroatoms. The summed E-state index contributed by atoms with van der Waals surface area (Å²) in [6.45, 7) is 2.49. The second-order valence-electron chi connectivity index (χ2n) is 5.97. The number of rotatable bonds is 8. The van der Waals surface area contributed by atoms with E-state index in [0.717, 1.165) is 23.1 Å². The minimum atomic E-state index is -0.352. The minimum Gasteiger partial charge on any atom is -0.494 e. The van der Waals surface area contributed by atoms with E-state index in [2.05, 4.69) is 20.5 Å². The Kier molecular flexibility index (Phi) is 7.26. The summed E-state index contributed by atoms with van der Waals surface area (Å²) >= 11 is 7.22. The Morgan fingerprint density at radius 2 is 1.93 bits per heavy atom. The van der Waals surface area contributed by atoms with Gasteiger partial charge in [0, 0.05) is 17.1 Å². The Balaban J connectivity index is 1.55. The number of hydrogen-bond donors (Lipinski definition) is 2. The molecule has 1 heterocycles. The lowest BCUT2D eigenvalue weighted by Gasteiger charge is -2.07. The van der Waals surface area contributed by atoms with Crippen LogP contribution in [0.3, 0.4) is 0 Å². The van der Waals surface area contributed by atoms with Gasteiger partial charge in [-0.1, -0.05) is 41.6 Å². The van der Waals surface area contributed by atoms with E-state index in [1.807, 2.05) is 25.1 Å². The predicted octanol–water partition coefficient (Wildman–Crippen LogP) is 3.54. The number of aromatic nitrogens is 3. The highest BCUT2D eigenvalue weighted by atomic mass is 35.5. The third kappa shape index (κ3) is 6.07. The van der Waals surface area contributed by atoms with E-state index >= 15 is 0 Å². The molecule has 29 heavy (non-hydrogen) atoms. The maximum absolute atomic E-state index is 12.2. The number of thioether (sulfide) groups is 1. The maximum Gasteiger partial charge on any atom is 0.273 e. The Morgan fingerprint density at radius 3 is 2.62 bits per heavy atom. The van der Waals surface area contributed by atoms with Gasteiger partial charge in [0.2, 0.25) is 5.91 Å². The summed E-state index contributed by atoms with van der Waals surface area (Å²) in [6.07, 6.45) is 0.283. The van der Waals surface area contributed by atoms with Gasteiger partial charge in [0.15, 0.2) is 5.16 Å². The lowest BCUT2D eigenvalue weighted by molar-refractivity contribution is -0.113. The highest BCUT2D eigenvalue weighted by Gasteiger charge is 2.10. The van der Waals surface area contributed by atoms with Crippen LogP contribution >= 0.6 is 23.4 Å². The van der Waals surface area contributed by atoms with Crippen molar-refractivity contribution in [1.82, 2.24) is 15.2 Å². The van der Waals surface area contributed by atoms with Gasteiger partial charge in [0.1, 0.15) is 11.4 Å². The van der Waals surface area contributed by atoms with E-state index in [-0.39, 0.29) is 34.5 Å². The molecule has 150 valence electrons. The van der Waals surface area contributed by atoms with Gasteiger partial charge in [-0.3, -0.25) is 14.6 Å². The van der Waals surface area contributed by atoms with Gasteiger partial charge in [-0.05, 0) is 42.8 Å². The summed E-state index contributed by atoms with van der Waals surface area (Å²) < 4.78 is 5.36. The number of nitrogens with one attached hydrogen (secondary N) is 2. The van der Waals surface area contributed by atoms with Crippen molar-refractivity contribution in [2.45, 2.75) is 18.5 Å². The summed E-state index contributed by atoms with van der Waals surface area (Å²) in [6, 6.07) is 14.3. The van der Waals surface area contributed by atoms with Crippen molar-refractivity contribution in [1.29, 1.82) is 0 Å². The fourth-order valence-electron chi connectivity index (χ4n) is 2.48. The number of carbonyl (C=O) groups excluding carboxylic acids is 1. The normalized spacial score (nSPS) is 10.6. The monoisotopic (exact) mass is 430 g/mol. The van der Waals surface area contributed by atoms with Crippen LogP contribution in [0.4, 0.5) is 5.69 Å². The molecule has 0 spiro atoms. The topological polar surface area (TPSA) is 97.0 Å². The zero-order valence-corrected chi connectivity index (χ0v) is 17.2. The number of hydrogen-bond acceptors (Lipinski definition) is 6. The van der Waals surface area contributed by atoms with Crippen molar-refractivity contribution in [2.24, 2.45) is 0 Å². The van der Waals surface area contributed by atoms with E-state index in [9.17, 15) is 9.59 Å². The van der Waals surface area contributed by atoms with Crippen LogP contribution in [0.1, 0.15) is 18.2 Å². The fraction of sp³-hybridized carbons (Fsp3) is 0.200. The summed E-state index contributed by atoms with van der Waals surface area (Å²) in [7, 11) is 0. The first-order chi connectivity index (χ1) is 14.0. The number of benzene rings is 2. The zero-order valence-electron chi connectivity index (χ0n) is 15.6. The van der Waals surface area contributed by atoms with Crippen molar-refractivity contribution >= 4 is 35.0 Å². The minimum absolute atomic E-state index is 0.0850. The number of amides is 1. The molecule has 3 aromatic rings. The Morgan fingerprint density at radius 1 is 1.17 bits per heavy atom. The van der Waals surface area contributed by atoms with Gasteiger partial charge in [0.05, 0.1) is 12.4 Å². The Bertz CT molecular complexity index is 1040.